The molecule has 2 aliphatic heterocycles. The van der Waals surface area contributed by atoms with Crippen molar-refractivity contribution in [2.45, 2.75) is 38.1 Å². The molecule has 2 fully saturated rings. The highest BCUT2D eigenvalue weighted by atomic mass is 32.2. The van der Waals surface area contributed by atoms with Crippen molar-refractivity contribution < 1.29 is 27.4 Å². The van der Waals surface area contributed by atoms with E-state index in [1.54, 1.807) is 0 Å². The standard InChI is InChI=1S/C12H20O6S/c1-16-11(13)6-10-7-17-12(18-10)5-9-3-2-4-19(14,15)8-9/h9-10,12H,2-8H2,1H3. The molecule has 7 heteroatoms. The number of ether oxygens (including phenoxy) is 3. The van der Waals surface area contributed by atoms with Gasteiger partial charge in [-0.15, -0.1) is 0 Å². The number of hydrogen-bond donors (Lipinski definition) is 0. The number of methoxy groups -OCH3 is 1. The molecule has 19 heavy (non-hydrogen) atoms. The highest BCUT2D eigenvalue weighted by Crippen LogP contribution is 2.27. The number of rotatable bonds is 4. The first-order valence-electron chi connectivity index (χ1n) is 6.53. The van der Waals surface area contributed by atoms with Gasteiger partial charge in [-0.1, -0.05) is 0 Å². The summed E-state index contributed by atoms with van der Waals surface area (Å²) < 4.78 is 38.7. The molecule has 3 unspecified atom stereocenters. The van der Waals surface area contributed by atoms with Crippen LogP contribution in [-0.2, 0) is 28.8 Å². The van der Waals surface area contributed by atoms with Gasteiger partial charge in [0.25, 0.3) is 0 Å². The molecule has 2 rings (SSSR count). The Bertz CT molecular complexity index is 418. The van der Waals surface area contributed by atoms with Crippen LogP contribution in [0.3, 0.4) is 0 Å². The van der Waals surface area contributed by atoms with E-state index in [0.29, 0.717) is 25.2 Å². The van der Waals surface area contributed by atoms with Crippen LogP contribution >= 0.6 is 0 Å². The van der Waals surface area contributed by atoms with Gasteiger partial charge in [0, 0.05) is 6.42 Å². The van der Waals surface area contributed by atoms with Gasteiger partial charge in [0.05, 0.1) is 37.7 Å². The molecule has 6 nitrogen and oxygen atoms in total. The molecule has 0 aromatic heterocycles. The molecule has 0 N–H and O–H groups in total. The number of sulfone groups is 1. The second-order valence-electron chi connectivity index (χ2n) is 5.16. The van der Waals surface area contributed by atoms with Gasteiger partial charge >= 0.3 is 5.97 Å². The lowest BCUT2D eigenvalue weighted by Crippen LogP contribution is -2.28. The summed E-state index contributed by atoms with van der Waals surface area (Å²) >= 11 is 0. The lowest BCUT2D eigenvalue weighted by Gasteiger charge is -2.23. The lowest BCUT2D eigenvalue weighted by atomic mass is 10.0. The predicted octanol–water partition coefficient (Wildman–Crippen LogP) is 0.506. The molecular weight excluding hydrogens is 272 g/mol. The van der Waals surface area contributed by atoms with E-state index in [-0.39, 0.29) is 30.2 Å². The van der Waals surface area contributed by atoms with Crippen molar-refractivity contribution in [3.8, 4) is 0 Å². The smallest absolute Gasteiger partial charge is 0.308 e. The van der Waals surface area contributed by atoms with Crippen LogP contribution in [-0.4, -0.2) is 52.0 Å². The molecule has 0 radical (unpaired) electrons. The van der Waals surface area contributed by atoms with E-state index < -0.39 is 16.1 Å². The lowest BCUT2D eigenvalue weighted by molar-refractivity contribution is -0.144. The Kier molecular flexibility index (Phi) is 4.81. The van der Waals surface area contributed by atoms with Gasteiger partial charge in [0.15, 0.2) is 16.1 Å². The summed E-state index contributed by atoms with van der Waals surface area (Å²) in [5, 5.41) is 0. The van der Waals surface area contributed by atoms with E-state index in [1.807, 2.05) is 0 Å². The molecule has 0 bridgehead atoms. The Balaban J connectivity index is 1.77. The van der Waals surface area contributed by atoms with Crippen molar-refractivity contribution in [3.05, 3.63) is 0 Å². The van der Waals surface area contributed by atoms with Crippen molar-refractivity contribution >= 4 is 15.8 Å². The monoisotopic (exact) mass is 292 g/mol. The maximum absolute atomic E-state index is 11.5. The Labute approximate surface area is 113 Å². The largest absolute Gasteiger partial charge is 0.469 e. The third-order valence-electron chi connectivity index (χ3n) is 3.52. The summed E-state index contributed by atoms with van der Waals surface area (Å²) in [5.74, 6) is 0.286. The van der Waals surface area contributed by atoms with Crippen LogP contribution in [0.15, 0.2) is 0 Å². The van der Waals surface area contributed by atoms with Crippen LogP contribution in [0.5, 0.6) is 0 Å². The summed E-state index contributed by atoms with van der Waals surface area (Å²) in [6.07, 6.45) is 1.69. The fraction of sp³-hybridized carbons (Fsp3) is 0.917. The van der Waals surface area contributed by atoms with E-state index in [4.69, 9.17) is 9.47 Å². The van der Waals surface area contributed by atoms with E-state index >= 15 is 0 Å². The molecule has 110 valence electrons. The van der Waals surface area contributed by atoms with Crippen molar-refractivity contribution in [1.82, 2.24) is 0 Å². The Morgan fingerprint density at radius 2 is 2.21 bits per heavy atom. The van der Waals surface area contributed by atoms with Crippen LogP contribution in [0.2, 0.25) is 0 Å². The fourth-order valence-corrected chi connectivity index (χ4v) is 4.38. The van der Waals surface area contributed by atoms with Gasteiger partial charge in [-0.25, -0.2) is 8.42 Å². The zero-order chi connectivity index (χ0) is 13.9. The molecule has 0 amide bonds. The predicted molar refractivity (Wildman–Crippen MR) is 67.2 cm³/mol. The van der Waals surface area contributed by atoms with E-state index in [9.17, 15) is 13.2 Å². The van der Waals surface area contributed by atoms with E-state index in [2.05, 4.69) is 4.74 Å². The minimum Gasteiger partial charge on any atom is -0.469 e. The topological polar surface area (TPSA) is 78.9 Å². The first-order chi connectivity index (χ1) is 8.98. The maximum atomic E-state index is 11.5. The second-order valence-corrected chi connectivity index (χ2v) is 7.39. The van der Waals surface area contributed by atoms with Crippen LogP contribution < -0.4 is 0 Å². The highest BCUT2D eigenvalue weighted by Gasteiger charge is 2.33. The Hall–Kier alpha value is -0.660. The molecular formula is C12H20O6S. The molecule has 0 spiro atoms. The molecule has 2 saturated heterocycles. The third kappa shape index (κ3) is 4.43. The average molecular weight is 292 g/mol. The van der Waals surface area contributed by atoms with Crippen molar-refractivity contribution in [1.29, 1.82) is 0 Å². The van der Waals surface area contributed by atoms with Crippen LogP contribution in [0, 0.1) is 5.92 Å². The van der Waals surface area contributed by atoms with Gasteiger partial charge in [0.2, 0.25) is 0 Å². The number of carbonyl (C=O) groups excluding carboxylic acids is 1. The van der Waals surface area contributed by atoms with Crippen molar-refractivity contribution in [3.63, 3.8) is 0 Å². The highest BCUT2D eigenvalue weighted by molar-refractivity contribution is 7.91. The van der Waals surface area contributed by atoms with E-state index in [1.165, 1.54) is 7.11 Å². The number of carbonyl (C=O) groups is 1. The summed E-state index contributed by atoms with van der Waals surface area (Å²) in [6.45, 7) is 0.360. The zero-order valence-corrected chi connectivity index (χ0v) is 11.9. The van der Waals surface area contributed by atoms with Crippen LogP contribution in [0.25, 0.3) is 0 Å². The first-order valence-corrected chi connectivity index (χ1v) is 8.35. The third-order valence-corrected chi connectivity index (χ3v) is 5.41. The van der Waals surface area contributed by atoms with E-state index in [0.717, 1.165) is 6.42 Å². The second kappa shape index (κ2) is 6.19. The summed E-state index contributed by atoms with van der Waals surface area (Å²) in [4.78, 5) is 11.1. The molecule has 0 saturated carbocycles. The molecule has 0 aromatic rings. The SMILES string of the molecule is COC(=O)CC1COC(CC2CCCS(=O)(=O)C2)O1. The quantitative estimate of drug-likeness (QED) is 0.702. The van der Waals surface area contributed by atoms with Gasteiger partial charge < -0.3 is 14.2 Å². The minimum atomic E-state index is -2.90. The molecule has 2 aliphatic rings. The van der Waals surface area contributed by atoms with Crippen LogP contribution in [0.4, 0.5) is 0 Å². The summed E-state index contributed by atoms with van der Waals surface area (Å²) in [7, 11) is -1.56. The number of hydrogen-bond acceptors (Lipinski definition) is 6. The number of esters is 1. The van der Waals surface area contributed by atoms with Gasteiger partial charge in [-0.3, -0.25) is 4.79 Å². The van der Waals surface area contributed by atoms with Gasteiger partial charge in [-0.2, -0.15) is 0 Å². The first kappa shape index (κ1) is 14.7. The molecule has 2 heterocycles. The van der Waals surface area contributed by atoms with Crippen LogP contribution in [0.1, 0.15) is 25.7 Å². The maximum Gasteiger partial charge on any atom is 0.308 e. The Morgan fingerprint density at radius 3 is 2.89 bits per heavy atom. The fourth-order valence-electron chi connectivity index (χ4n) is 2.58. The minimum absolute atomic E-state index is 0.0978. The molecule has 0 aromatic carbocycles. The summed E-state index contributed by atoms with van der Waals surface area (Å²) in [5.41, 5.74) is 0. The Morgan fingerprint density at radius 1 is 1.42 bits per heavy atom. The zero-order valence-electron chi connectivity index (χ0n) is 11.0. The van der Waals surface area contributed by atoms with Crippen molar-refractivity contribution in [2.24, 2.45) is 5.92 Å². The van der Waals surface area contributed by atoms with Gasteiger partial charge in [0.1, 0.15) is 0 Å². The normalized spacial score (nSPS) is 34.1. The van der Waals surface area contributed by atoms with Gasteiger partial charge in [-0.05, 0) is 18.8 Å². The average Bonchev–Trinajstić information content (AvgIpc) is 2.75. The van der Waals surface area contributed by atoms with Crippen molar-refractivity contribution in [2.75, 3.05) is 25.2 Å². The summed E-state index contributed by atoms with van der Waals surface area (Å²) in [6, 6.07) is 0. The molecule has 3 atom stereocenters. The molecule has 0 aliphatic carbocycles.